The Balaban J connectivity index is 2.29. The first-order valence-electron chi connectivity index (χ1n) is 8.92. The van der Waals surface area contributed by atoms with Crippen LogP contribution >= 0.6 is 15.9 Å². The van der Waals surface area contributed by atoms with Crippen molar-refractivity contribution in [3.8, 4) is 0 Å². The van der Waals surface area contributed by atoms with Crippen molar-refractivity contribution in [2.24, 2.45) is 7.05 Å². The maximum absolute atomic E-state index is 13.0. The number of amides is 1. The number of anilines is 1. The van der Waals surface area contributed by atoms with Gasteiger partial charge in [-0.3, -0.25) is 18.7 Å². The van der Waals surface area contributed by atoms with E-state index in [1.165, 1.54) is 23.9 Å². The minimum atomic E-state index is -0.506. The summed E-state index contributed by atoms with van der Waals surface area (Å²) in [4.78, 5) is 40.7. The highest BCUT2D eigenvalue weighted by Crippen LogP contribution is 2.20. The SMILES string of the molecule is CCN(CC)CCN(C(=O)Cn1ccc(=O)n(C)c1=O)c1cccc(Br)c1. The number of carbonyl (C=O) groups is 1. The Morgan fingerprint density at radius 3 is 2.44 bits per heavy atom. The number of nitrogens with zero attached hydrogens (tertiary/aromatic N) is 4. The molecule has 0 aliphatic carbocycles. The smallest absolute Gasteiger partial charge is 0.310 e. The first-order valence-corrected chi connectivity index (χ1v) is 9.71. The lowest BCUT2D eigenvalue weighted by molar-refractivity contribution is -0.119. The van der Waals surface area contributed by atoms with E-state index in [1.807, 2.05) is 24.3 Å². The van der Waals surface area contributed by atoms with Gasteiger partial charge in [0.2, 0.25) is 5.91 Å². The van der Waals surface area contributed by atoms with Gasteiger partial charge in [0.1, 0.15) is 6.54 Å². The molecule has 0 bridgehead atoms. The van der Waals surface area contributed by atoms with Crippen LogP contribution in [-0.4, -0.2) is 46.1 Å². The molecule has 0 radical (unpaired) electrons. The van der Waals surface area contributed by atoms with Crippen molar-refractivity contribution in [2.45, 2.75) is 20.4 Å². The van der Waals surface area contributed by atoms with E-state index in [2.05, 4.69) is 34.7 Å². The molecule has 0 aliphatic heterocycles. The molecule has 0 spiro atoms. The van der Waals surface area contributed by atoms with Crippen LogP contribution in [0.15, 0.2) is 50.6 Å². The van der Waals surface area contributed by atoms with Crippen LogP contribution in [0.4, 0.5) is 5.69 Å². The van der Waals surface area contributed by atoms with Crippen molar-refractivity contribution in [1.29, 1.82) is 0 Å². The van der Waals surface area contributed by atoms with Crippen LogP contribution in [0.2, 0.25) is 0 Å². The Morgan fingerprint density at radius 1 is 1.11 bits per heavy atom. The predicted octanol–water partition coefficient (Wildman–Crippen LogP) is 1.68. The van der Waals surface area contributed by atoms with Crippen LogP contribution in [0.3, 0.4) is 0 Å². The third kappa shape index (κ3) is 5.40. The van der Waals surface area contributed by atoms with Crippen LogP contribution in [0.1, 0.15) is 13.8 Å². The highest BCUT2D eigenvalue weighted by atomic mass is 79.9. The fourth-order valence-electron chi connectivity index (χ4n) is 2.79. The molecule has 27 heavy (non-hydrogen) atoms. The van der Waals surface area contributed by atoms with Crippen molar-refractivity contribution in [3.63, 3.8) is 0 Å². The van der Waals surface area contributed by atoms with Crippen molar-refractivity contribution >= 4 is 27.5 Å². The van der Waals surface area contributed by atoms with Gasteiger partial charge in [-0.25, -0.2) is 4.79 Å². The third-order valence-electron chi connectivity index (χ3n) is 4.52. The van der Waals surface area contributed by atoms with Crippen molar-refractivity contribution in [1.82, 2.24) is 14.0 Å². The average Bonchev–Trinajstić information content (AvgIpc) is 2.65. The summed E-state index contributed by atoms with van der Waals surface area (Å²) in [6.45, 7) is 7.08. The summed E-state index contributed by atoms with van der Waals surface area (Å²) in [5.41, 5.74) is -0.137. The van der Waals surface area contributed by atoms with E-state index in [0.29, 0.717) is 6.54 Å². The zero-order valence-corrected chi connectivity index (χ0v) is 17.5. The van der Waals surface area contributed by atoms with Crippen LogP contribution in [-0.2, 0) is 18.4 Å². The van der Waals surface area contributed by atoms with E-state index in [-0.39, 0.29) is 12.5 Å². The molecule has 0 aliphatic rings. The number of aromatic nitrogens is 2. The molecule has 0 N–H and O–H groups in total. The van der Waals surface area contributed by atoms with Gasteiger partial charge in [-0.2, -0.15) is 0 Å². The molecule has 1 amide bonds. The fourth-order valence-corrected chi connectivity index (χ4v) is 3.18. The topological polar surface area (TPSA) is 67.5 Å². The second-order valence-corrected chi connectivity index (χ2v) is 7.09. The number of likely N-dealkylation sites (N-methyl/N-ethyl adjacent to an activating group) is 1. The third-order valence-corrected chi connectivity index (χ3v) is 5.01. The second kappa shape index (κ2) is 9.66. The standard InChI is InChI=1S/C19H25BrN4O3/c1-4-22(5-2)11-12-24(16-8-6-7-15(20)13-16)18(26)14-23-10-9-17(25)21(3)19(23)27/h6-10,13H,4-5,11-12,14H2,1-3H3. The van der Waals surface area contributed by atoms with Gasteiger partial charge in [0.05, 0.1) is 0 Å². The lowest BCUT2D eigenvalue weighted by Crippen LogP contribution is -2.44. The summed E-state index contributed by atoms with van der Waals surface area (Å²) in [6.07, 6.45) is 1.37. The highest BCUT2D eigenvalue weighted by Gasteiger charge is 2.18. The Hall–Kier alpha value is -2.19. The van der Waals surface area contributed by atoms with E-state index < -0.39 is 11.2 Å². The molecule has 2 aromatic rings. The largest absolute Gasteiger partial charge is 0.331 e. The molecule has 1 aromatic carbocycles. The summed E-state index contributed by atoms with van der Waals surface area (Å²) in [5, 5.41) is 0. The van der Waals surface area contributed by atoms with Gasteiger partial charge in [0, 0.05) is 42.6 Å². The fraction of sp³-hybridized carbons (Fsp3) is 0.421. The molecule has 8 heteroatoms. The van der Waals surface area contributed by atoms with Crippen LogP contribution in [0, 0.1) is 0 Å². The average molecular weight is 437 g/mol. The molecule has 0 fully saturated rings. The Morgan fingerprint density at radius 2 is 1.81 bits per heavy atom. The minimum absolute atomic E-state index is 0.127. The molecule has 7 nitrogen and oxygen atoms in total. The first kappa shape index (κ1) is 21.1. The second-order valence-electron chi connectivity index (χ2n) is 6.18. The molecule has 0 unspecified atom stereocenters. The minimum Gasteiger partial charge on any atom is -0.310 e. The van der Waals surface area contributed by atoms with E-state index in [4.69, 9.17) is 0 Å². The van der Waals surface area contributed by atoms with Gasteiger partial charge in [-0.05, 0) is 31.3 Å². The Bertz CT molecular complexity index is 902. The zero-order chi connectivity index (χ0) is 20.0. The predicted molar refractivity (Wildman–Crippen MR) is 110 cm³/mol. The van der Waals surface area contributed by atoms with Crippen LogP contribution < -0.4 is 16.1 Å². The van der Waals surface area contributed by atoms with Gasteiger partial charge in [-0.1, -0.05) is 35.8 Å². The molecule has 1 aromatic heterocycles. The lowest BCUT2D eigenvalue weighted by atomic mass is 10.2. The molecular weight excluding hydrogens is 412 g/mol. The maximum atomic E-state index is 13.0. The van der Waals surface area contributed by atoms with Crippen molar-refractivity contribution < 1.29 is 4.79 Å². The van der Waals surface area contributed by atoms with Gasteiger partial charge >= 0.3 is 5.69 Å². The number of benzene rings is 1. The molecular formula is C19H25BrN4O3. The number of hydrogen-bond donors (Lipinski definition) is 0. The van der Waals surface area contributed by atoms with E-state index >= 15 is 0 Å². The number of carbonyl (C=O) groups excluding carboxylic acids is 1. The lowest BCUT2D eigenvalue weighted by Gasteiger charge is -2.27. The van der Waals surface area contributed by atoms with E-state index in [1.54, 1.807) is 4.90 Å². The monoisotopic (exact) mass is 436 g/mol. The van der Waals surface area contributed by atoms with Crippen LogP contribution in [0.5, 0.6) is 0 Å². The summed E-state index contributed by atoms with van der Waals surface area (Å²) in [5.74, 6) is -0.207. The van der Waals surface area contributed by atoms with Crippen molar-refractivity contribution in [3.05, 3.63) is 61.8 Å². The molecule has 2 rings (SSSR count). The Labute approximate surface area is 167 Å². The highest BCUT2D eigenvalue weighted by molar-refractivity contribution is 9.10. The number of halogens is 1. The molecule has 146 valence electrons. The van der Waals surface area contributed by atoms with Crippen LogP contribution in [0.25, 0.3) is 0 Å². The van der Waals surface area contributed by atoms with Gasteiger partial charge < -0.3 is 9.80 Å². The normalized spacial score (nSPS) is 11.0. The van der Waals surface area contributed by atoms with E-state index in [0.717, 1.165) is 34.4 Å². The quantitative estimate of drug-likeness (QED) is 0.631. The Kier molecular flexibility index (Phi) is 7.55. The van der Waals surface area contributed by atoms with Gasteiger partial charge in [0.25, 0.3) is 5.56 Å². The number of rotatable bonds is 8. The molecule has 0 saturated heterocycles. The zero-order valence-electron chi connectivity index (χ0n) is 15.9. The first-order chi connectivity index (χ1) is 12.9. The summed E-state index contributed by atoms with van der Waals surface area (Å²) >= 11 is 3.44. The summed E-state index contributed by atoms with van der Waals surface area (Å²) in [7, 11) is 1.40. The molecule has 1 heterocycles. The van der Waals surface area contributed by atoms with Gasteiger partial charge in [-0.15, -0.1) is 0 Å². The summed E-state index contributed by atoms with van der Waals surface area (Å²) in [6, 6.07) is 8.80. The van der Waals surface area contributed by atoms with Crippen molar-refractivity contribution in [2.75, 3.05) is 31.1 Å². The maximum Gasteiger partial charge on any atom is 0.331 e. The molecule has 0 saturated carbocycles. The summed E-state index contributed by atoms with van der Waals surface area (Å²) < 4.78 is 3.12. The number of hydrogen-bond acceptors (Lipinski definition) is 4. The van der Waals surface area contributed by atoms with Gasteiger partial charge in [0.15, 0.2) is 0 Å². The van der Waals surface area contributed by atoms with E-state index in [9.17, 15) is 14.4 Å². The molecule has 0 atom stereocenters.